The zero-order chi connectivity index (χ0) is 17.3. The summed E-state index contributed by atoms with van der Waals surface area (Å²) in [5.74, 6) is 0.164. The summed E-state index contributed by atoms with van der Waals surface area (Å²) in [5, 5.41) is 5.08. The highest BCUT2D eigenvalue weighted by molar-refractivity contribution is 6.03. The minimum absolute atomic E-state index is 0.0156. The molecule has 1 aliphatic heterocycles. The highest BCUT2D eigenvalue weighted by Gasteiger charge is 2.50. The Morgan fingerprint density at radius 2 is 2.04 bits per heavy atom. The van der Waals surface area contributed by atoms with Crippen molar-refractivity contribution >= 4 is 17.8 Å². The number of rotatable bonds is 5. The second kappa shape index (κ2) is 6.14. The molecule has 0 unspecified atom stereocenters. The van der Waals surface area contributed by atoms with Gasteiger partial charge in [0.2, 0.25) is 11.8 Å². The van der Waals surface area contributed by atoms with Gasteiger partial charge in [0.15, 0.2) is 0 Å². The van der Waals surface area contributed by atoms with E-state index in [-0.39, 0.29) is 42.5 Å². The lowest BCUT2D eigenvalue weighted by Gasteiger charge is -2.51. The van der Waals surface area contributed by atoms with Crippen LogP contribution in [0.15, 0.2) is 30.3 Å². The molecule has 0 bridgehead atoms. The second-order valence-corrected chi connectivity index (χ2v) is 6.81. The highest BCUT2D eigenvalue weighted by atomic mass is 16.5. The third-order valence-electron chi connectivity index (χ3n) is 4.74. The Kier molecular flexibility index (Phi) is 4.17. The van der Waals surface area contributed by atoms with Crippen molar-refractivity contribution in [1.29, 1.82) is 0 Å². The number of amides is 4. The van der Waals surface area contributed by atoms with Crippen LogP contribution in [0.4, 0.5) is 4.79 Å². The maximum atomic E-state index is 12.1. The number of carbonyl (C=O) groups is 3. The molecule has 0 spiro atoms. The van der Waals surface area contributed by atoms with Gasteiger partial charge in [0.25, 0.3) is 0 Å². The number of hydrogen-bond donors (Lipinski definition) is 2. The van der Waals surface area contributed by atoms with E-state index in [1.807, 2.05) is 44.2 Å². The summed E-state index contributed by atoms with van der Waals surface area (Å²) in [4.78, 5) is 35.9. The fourth-order valence-electron chi connectivity index (χ4n) is 3.02. The summed E-state index contributed by atoms with van der Waals surface area (Å²) in [6.45, 7) is 3.90. The number of para-hydroxylation sites is 1. The van der Waals surface area contributed by atoms with E-state index >= 15 is 0 Å². The SMILES string of the molecule is CC1(C)[C@@H](NC(=O)CN2CC(=O)NC2=O)C[C@H]1Oc1ccccc1. The van der Waals surface area contributed by atoms with Crippen molar-refractivity contribution in [2.75, 3.05) is 13.1 Å². The molecule has 7 nitrogen and oxygen atoms in total. The summed E-state index contributed by atoms with van der Waals surface area (Å²) >= 11 is 0. The van der Waals surface area contributed by atoms with Crippen molar-refractivity contribution < 1.29 is 19.1 Å². The predicted octanol–water partition coefficient (Wildman–Crippen LogP) is 0.900. The van der Waals surface area contributed by atoms with Crippen LogP contribution < -0.4 is 15.4 Å². The number of imide groups is 1. The van der Waals surface area contributed by atoms with Crippen LogP contribution in [0.3, 0.4) is 0 Å². The van der Waals surface area contributed by atoms with E-state index in [0.29, 0.717) is 6.42 Å². The van der Waals surface area contributed by atoms with Crippen molar-refractivity contribution in [2.24, 2.45) is 5.41 Å². The molecular weight excluding hydrogens is 310 g/mol. The van der Waals surface area contributed by atoms with Gasteiger partial charge in [-0.05, 0) is 12.1 Å². The van der Waals surface area contributed by atoms with E-state index in [1.54, 1.807) is 0 Å². The maximum absolute atomic E-state index is 12.1. The Hall–Kier alpha value is -2.57. The molecule has 1 saturated carbocycles. The number of ether oxygens (including phenoxy) is 1. The van der Waals surface area contributed by atoms with Crippen molar-refractivity contribution in [3.63, 3.8) is 0 Å². The van der Waals surface area contributed by atoms with Gasteiger partial charge in [0.1, 0.15) is 24.9 Å². The quantitative estimate of drug-likeness (QED) is 0.785. The summed E-state index contributed by atoms with van der Waals surface area (Å²) in [5.41, 5.74) is -0.214. The lowest BCUT2D eigenvalue weighted by Crippen LogP contribution is -2.64. The molecule has 1 saturated heterocycles. The minimum atomic E-state index is -0.520. The molecule has 1 aromatic rings. The average Bonchev–Trinajstić information content (AvgIpc) is 2.84. The van der Waals surface area contributed by atoms with Gasteiger partial charge < -0.3 is 15.0 Å². The molecule has 0 radical (unpaired) electrons. The van der Waals surface area contributed by atoms with E-state index in [9.17, 15) is 14.4 Å². The van der Waals surface area contributed by atoms with Gasteiger partial charge in [-0.15, -0.1) is 0 Å². The molecule has 1 aliphatic carbocycles. The summed E-state index contributed by atoms with van der Waals surface area (Å²) in [6, 6.07) is 9.04. The fraction of sp³-hybridized carbons (Fsp3) is 0.471. The van der Waals surface area contributed by atoms with E-state index in [4.69, 9.17) is 4.74 Å². The van der Waals surface area contributed by atoms with Crippen molar-refractivity contribution in [2.45, 2.75) is 32.4 Å². The van der Waals surface area contributed by atoms with Gasteiger partial charge in [0.05, 0.1) is 0 Å². The molecule has 7 heteroatoms. The first kappa shape index (κ1) is 16.3. The van der Waals surface area contributed by atoms with Crippen LogP contribution in [-0.2, 0) is 9.59 Å². The number of urea groups is 1. The molecule has 2 aliphatic rings. The summed E-state index contributed by atoms with van der Waals surface area (Å²) in [6.07, 6.45) is 0.723. The number of hydrogen-bond acceptors (Lipinski definition) is 4. The molecular formula is C17H21N3O4. The van der Waals surface area contributed by atoms with Crippen molar-refractivity contribution in [1.82, 2.24) is 15.5 Å². The standard InChI is InChI=1S/C17H21N3O4/c1-17(2)12(8-13(17)24-11-6-4-3-5-7-11)18-14(21)9-20-10-15(22)19-16(20)23/h3-7,12-13H,8-10H2,1-2H3,(H,18,21)(H,19,22,23)/t12-,13+/m0/s1. The Morgan fingerprint density at radius 1 is 1.33 bits per heavy atom. The molecule has 2 N–H and O–H groups in total. The lowest BCUT2D eigenvalue weighted by molar-refractivity contribution is -0.128. The first-order valence-electron chi connectivity index (χ1n) is 7.96. The number of benzene rings is 1. The number of carbonyl (C=O) groups excluding carboxylic acids is 3. The molecule has 3 rings (SSSR count). The number of nitrogens with zero attached hydrogens (tertiary/aromatic N) is 1. The Balaban J connectivity index is 1.51. The van der Waals surface area contributed by atoms with E-state index < -0.39 is 6.03 Å². The van der Waals surface area contributed by atoms with Crippen LogP contribution in [0.5, 0.6) is 5.75 Å². The smallest absolute Gasteiger partial charge is 0.325 e. The first-order valence-corrected chi connectivity index (χ1v) is 7.96. The summed E-state index contributed by atoms with van der Waals surface area (Å²) in [7, 11) is 0. The van der Waals surface area contributed by atoms with Crippen LogP contribution in [0, 0.1) is 5.41 Å². The predicted molar refractivity (Wildman–Crippen MR) is 86.3 cm³/mol. The van der Waals surface area contributed by atoms with Crippen LogP contribution in [0.2, 0.25) is 0 Å². The van der Waals surface area contributed by atoms with E-state index in [0.717, 1.165) is 5.75 Å². The van der Waals surface area contributed by atoms with Crippen molar-refractivity contribution in [3.8, 4) is 5.75 Å². The third kappa shape index (κ3) is 3.20. The van der Waals surface area contributed by atoms with Crippen LogP contribution >= 0.6 is 0 Å². The topological polar surface area (TPSA) is 87.7 Å². The van der Waals surface area contributed by atoms with Crippen LogP contribution in [-0.4, -0.2) is 48.0 Å². The molecule has 2 atom stereocenters. The van der Waals surface area contributed by atoms with Gasteiger partial charge in [-0.3, -0.25) is 14.9 Å². The van der Waals surface area contributed by atoms with Gasteiger partial charge in [-0.1, -0.05) is 32.0 Å². The minimum Gasteiger partial charge on any atom is -0.490 e. The Labute approximate surface area is 140 Å². The van der Waals surface area contributed by atoms with Crippen LogP contribution in [0.25, 0.3) is 0 Å². The fourth-order valence-corrected chi connectivity index (χ4v) is 3.02. The van der Waals surface area contributed by atoms with Gasteiger partial charge >= 0.3 is 6.03 Å². The molecule has 128 valence electrons. The average molecular weight is 331 g/mol. The third-order valence-corrected chi connectivity index (χ3v) is 4.74. The van der Waals surface area contributed by atoms with Gasteiger partial charge in [0, 0.05) is 17.9 Å². The molecule has 1 heterocycles. The molecule has 24 heavy (non-hydrogen) atoms. The largest absolute Gasteiger partial charge is 0.490 e. The zero-order valence-electron chi connectivity index (χ0n) is 13.7. The molecule has 2 fully saturated rings. The lowest BCUT2D eigenvalue weighted by atomic mass is 9.64. The summed E-state index contributed by atoms with van der Waals surface area (Å²) < 4.78 is 5.97. The molecule has 0 aromatic heterocycles. The van der Waals surface area contributed by atoms with Gasteiger partial charge in [-0.2, -0.15) is 0 Å². The van der Waals surface area contributed by atoms with Crippen molar-refractivity contribution in [3.05, 3.63) is 30.3 Å². The Bertz CT molecular complexity index is 659. The zero-order valence-corrected chi connectivity index (χ0v) is 13.7. The number of nitrogens with one attached hydrogen (secondary N) is 2. The van der Waals surface area contributed by atoms with Crippen LogP contribution in [0.1, 0.15) is 20.3 Å². The highest BCUT2D eigenvalue weighted by Crippen LogP contribution is 2.43. The monoisotopic (exact) mass is 331 g/mol. The van der Waals surface area contributed by atoms with Gasteiger partial charge in [-0.25, -0.2) is 4.79 Å². The normalized spacial score (nSPS) is 25.0. The van der Waals surface area contributed by atoms with E-state index in [2.05, 4.69) is 10.6 Å². The Morgan fingerprint density at radius 3 is 2.62 bits per heavy atom. The molecule has 4 amide bonds. The van der Waals surface area contributed by atoms with E-state index in [1.165, 1.54) is 4.90 Å². The first-order chi connectivity index (χ1) is 11.4. The molecule has 1 aromatic carbocycles. The second-order valence-electron chi connectivity index (χ2n) is 6.81. The maximum Gasteiger partial charge on any atom is 0.325 e.